The van der Waals surface area contributed by atoms with Gasteiger partial charge in [-0.15, -0.1) is 0 Å². The number of methoxy groups -OCH3 is 1. The van der Waals surface area contributed by atoms with Crippen molar-refractivity contribution in [1.29, 1.82) is 0 Å². The van der Waals surface area contributed by atoms with Gasteiger partial charge in [0.25, 0.3) is 0 Å². The van der Waals surface area contributed by atoms with Crippen LogP contribution in [0, 0.1) is 5.41 Å². The van der Waals surface area contributed by atoms with Gasteiger partial charge in [-0.3, -0.25) is 0 Å². The van der Waals surface area contributed by atoms with Crippen molar-refractivity contribution >= 4 is 0 Å². The van der Waals surface area contributed by atoms with E-state index < -0.39 is 0 Å². The number of nitrogens with one attached hydrogen (secondary N) is 1. The molecule has 3 heteroatoms. The zero-order chi connectivity index (χ0) is 15.3. The second-order valence-electron chi connectivity index (χ2n) is 6.71. The van der Waals surface area contributed by atoms with Gasteiger partial charge in [0.1, 0.15) is 5.75 Å². The molecule has 1 saturated carbocycles. The van der Waals surface area contributed by atoms with Gasteiger partial charge in [-0.1, -0.05) is 25.5 Å². The van der Waals surface area contributed by atoms with Crippen LogP contribution >= 0.6 is 0 Å². The number of benzene rings is 1. The molecule has 3 atom stereocenters. The Morgan fingerprint density at radius 3 is 2.71 bits per heavy atom. The monoisotopic (exact) mass is 291 g/mol. The van der Waals surface area contributed by atoms with Crippen molar-refractivity contribution in [2.24, 2.45) is 5.41 Å². The predicted molar refractivity (Wildman–Crippen MR) is 86.7 cm³/mol. The third kappa shape index (κ3) is 4.21. The minimum absolute atomic E-state index is 0.0639. The van der Waals surface area contributed by atoms with Gasteiger partial charge in [0.2, 0.25) is 0 Å². The van der Waals surface area contributed by atoms with Gasteiger partial charge in [-0.05, 0) is 50.3 Å². The fourth-order valence-corrected chi connectivity index (χ4v) is 3.31. The molecule has 0 aliphatic heterocycles. The molecule has 2 rings (SSSR count). The average molecular weight is 291 g/mol. The van der Waals surface area contributed by atoms with Gasteiger partial charge < -0.3 is 15.2 Å². The van der Waals surface area contributed by atoms with E-state index in [4.69, 9.17) is 4.74 Å². The zero-order valence-corrected chi connectivity index (χ0v) is 13.6. The zero-order valence-electron chi connectivity index (χ0n) is 13.6. The van der Waals surface area contributed by atoms with Crippen molar-refractivity contribution < 1.29 is 9.84 Å². The molecule has 1 aliphatic rings. The van der Waals surface area contributed by atoms with Gasteiger partial charge in [-0.2, -0.15) is 0 Å². The van der Waals surface area contributed by atoms with Crippen molar-refractivity contribution in [3.05, 3.63) is 29.8 Å². The summed E-state index contributed by atoms with van der Waals surface area (Å²) in [4.78, 5) is 0. The lowest BCUT2D eigenvalue weighted by molar-refractivity contribution is 0.114. The number of ether oxygens (including phenoxy) is 1. The smallest absolute Gasteiger partial charge is 0.118 e. The lowest BCUT2D eigenvalue weighted by Crippen LogP contribution is -2.45. The summed E-state index contributed by atoms with van der Waals surface area (Å²) in [6.45, 7) is 4.74. The molecule has 118 valence electrons. The van der Waals surface area contributed by atoms with Crippen LogP contribution in [0.4, 0.5) is 0 Å². The quantitative estimate of drug-likeness (QED) is 0.811. The predicted octanol–water partition coefficient (Wildman–Crippen LogP) is 3.16. The van der Waals surface area contributed by atoms with Crippen molar-refractivity contribution in [3.63, 3.8) is 0 Å². The highest BCUT2D eigenvalue weighted by molar-refractivity contribution is 5.27. The van der Waals surface area contributed by atoms with Crippen LogP contribution in [0.3, 0.4) is 0 Å². The van der Waals surface area contributed by atoms with E-state index in [-0.39, 0.29) is 12.0 Å². The highest BCUT2D eigenvalue weighted by Crippen LogP contribution is 2.37. The number of aliphatic hydroxyl groups excluding tert-OH is 1. The maximum absolute atomic E-state index is 9.61. The highest BCUT2D eigenvalue weighted by atomic mass is 16.5. The molecule has 3 nitrogen and oxygen atoms in total. The van der Waals surface area contributed by atoms with Crippen LogP contribution in [0.25, 0.3) is 0 Å². The van der Waals surface area contributed by atoms with Crippen molar-refractivity contribution in [3.8, 4) is 5.75 Å². The van der Waals surface area contributed by atoms with Crippen molar-refractivity contribution in [2.45, 2.75) is 58.0 Å². The molecule has 0 bridgehead atoms. The standard InChI is InChI=1S/C18H29NO2/c1-14(19-17-5-4-12-18(17,2)13-20)6-7-15-8-10-16(21-3)11-9-15/h8-11,14,17,19-20H,4-7,12-13H2,1-3H3. The second kappa shape index (κ2) is 7.28. The van der Waals surface area contributed by atoms with Crippen LogP contribution in [-0.2, 0) is 6.42 Å². The summed E-state index contributed by atoms with van der Waals surface area (Å²) in [6, 6.07) is 9.24. The third-order valence-electron chi connectivity index (χ3n) is 4.95. The Morgan fingerprint density at radius 2 is 2.10 bits per heavy atom. The van der Waals surface area contributed by atoms with Crippen LogP contribution in [0.1, 0.15) is 45.1 Å². The normalized spacial score (nSPS) is 26.8. The first-order valence-corrected chi connectivity index (χ1v) is 8.07. The number of hydrogen-bond acceptors (Lipinski definition) is 3. The van der Waals surface area contributed by atoms with Gasteiger partial charge in [-0.25, -0.2) is 0 Å². The first-order valence-electron chi connectivity index (χ1n) is 8.07. The first-order chi connectivity index (χ1) is 10.1. The van der Waals surface area contributed by atoms with E-state index in [1.807, 2.05) is 12.1 Å². The number of rotatable bonds is 7. The Balaban J connectivity index is 1.80. The molecular weight excluding hydrogens is 262 g/mol. The molecule has 0 amide bonds. The summed E-state index contributed by atoms with van der Waals surface area (Å²) in [6.07, 6.45) is 5.72. The van der Waals surface area contributed by atoms with E-state index in [0.29, 0.717) is 12.1 Å². The molecule has 0 saturated heterocycles. The van der Waals surface area contributed by atoms with Gasteiger partial charge in [0.15, 0.2) is 0 Å². The van der Waals surface area contributed by atoms with Gasteiger partial charge >= 0.3 is 0 Å². The third-order valence-corrected chi connectivity index (χ3v) is 4.95. The van der Waals surface area contributed by atoms with Crippen LogP contribution < -0.4 is 10.1 Å². The topological polar surface area (TPSA) is 41.5 Å². The highest BCUT2D eigenvalue weighted by Gasteiger charge is 2.38. The summed E-state index contributed by atoms with van der Waals surface area (Å²) in [5.41, 5.74) is 1.41. The molecule has 1 aliphatic carbocycles. The van der Waals surface area contributed by atoms with Crippen molar-refractivity contribution in [2.75, 3.05) is 13.7 Å². The Hall–Kier alpha value is -1.06. The summed E-state index contributed by atoms with van der Waals surface area (Å²) >= 11 is 0. The largest absolute Gasteiger partial charge is 0.497 e. The van der Waals surface area contributed by atoms with E-state index in [0.717, 1.165) is 25.0 Å². The summed E-state index contributed by atoms with van der Waals surface area (Å²) < 4.78 is 5.18. The van der Waals surface area contributed by atoms with Crippen LogP contribution in [0.5, 0.6) is 5.75 Å². The van der Waals surface area contributed by atoms with Gasteiger partial charge in [0, 0.05) is 24.1 Å². The molecule has 3 unspecified atom stereocenters. The number of aliphatic hydroxyl groups is 1. The van der Waals surface area contributed by atoms with E-state index in [1.54, 1.807) is 7.11 Å². The SMILES string of the molecule is COc1ccc(CCC(C)NC2CCCC2(C)CO)cc1. The summed E-state index contributed by atoms with van der Waals surface area (Å²) in [5.74, 6) is 0.912. The molecule has 1 aromatic carbocycles. The molecule has 1 aromatic rings. The minimum atomic E-state index is 0.0639. The second-order valence-corrected chi connectivity index (χ2v) is 6.71. The average Bonchev–Trinajstić information content (AvgIpc) is 2.87. The number of hydrogen-bond donors (Lipinski definition) is 2. The molecule has 2 N–H and O–H groups in total. The maximum atomic E-state index is 9.61. The van der Waals surface area contributed by atoms with Crippen LogP contribution in [0.2, 0.25) is 0 Å². The van der Waals surface area contributed by atoms with E-state index in [2.05, 4.69) is 31.3 Å². The van der Waals surface area contributed by atoms with Gasteiger partial charge in [0.05, 0.1) is 7.11 Å². The maximum Gasteiger partial charge on any atom is 0.118 e. The first kappa shape index (κ1) is 16.3. The minimum Gasteiger partial charge on any atom is -0.497 e. The number of aryl methyl sites for hydroxylation is 1. The Bertz CT molecular complexity index is 431. The van der Waals surface area contributed by atoms with Crippen LogP contribution in [0.15, 0.2) is 24.3 Å². The van der Waals surface area contributed by atoms with E-state index in [1.165, 1.54) is 18.4 Å². The molecule has 1 fully saturated rings. The summed E-state index contributed by atoms with van der Waals surface area (Å²) in [7, 11) is 1.70. The Morgan fingerprint density at radius 1 is 1.38 bits per heavy atom. The molecule has 0 spiro atoms. The van der Waals surface area contributed by atoms with E-state index >= 15 is 0 Å². The van der Waals surface area contributed by atoms with Crippen LogP contribution in [-0.4, -0.2) is 30.9 Å². The molecule has 0 aromatic heterocycles. The molecule has 0 heterocycles. The molecule has 21 heavy (non-hydrogen) atoms. The Kier molecular flexibility index (Phi) is 5.65. The lowest BCUT2D eigenvalue weighted by Gasteiger charge is -2.32. The lowest BCUT2D eigenvalue weighted by atomic mass is 9.85. The Labute approximate surface area is 128 Å². The molecule has 0 radical (unpaired) electrons. The fourth-order valence-electron chi connectivity index (χ4n) is 3.31. The molecular formula is C18H29NO2. The summed E-state index contributed by atoms with van der Waals surface area (Å²) in [5, 5.41) is 13.3. The van der Waals surface area contributed by atoms with E-state index in [9.17, 15) is 5.11 Å². The fraction of sp³-hybridized carbons (Fsp3) is 0.667. The van der Waals surface area contributed by atoms with Crippen molar-refractivity contribution in [1.82, 2.24) is 5.32 Å².